The van der Waals surface area contributed by atoms with Crippen LogP contribution in [0, 0.1) is 0 Å². The lowest BCUT2D eigenvalue weighted by atomic mass is 10.0. The number of carboxylic acids is 1. The van der Waals surface area contributed by atoms with Crippen LogP contribution in [0.25, 0.3) is 0 Å². The molecule has 0 saturated carbocycles. The highest BCUT2D eigenvalue weighted by molar-refractivity contribution is 7.88. The molecule has 0 fully saturated rings. The van der Waals surface area contributed by atoms with Gasteiger partial charge in [0.25, 0.3) is 0 Å². The van der Waals surface area contributed by atoms with Gasteiger partial charge in [-0.2, -0.15) is 4.31 Å². The molecule has 0 unspecified atom stereocenters. The minimum absolute atomic E-state index is 0.0356. The molecular weight excluding hydrogens is 314 g/mol. The van der Waals surface area contributed by atoms with Gasteiger partial charge < -0.3 is 5.11 Å². The molecule has 0 bridgehead atoms. The monoisotopic (exact) mass is 331 g/mol. The number of hydrogen-bond donors (Lipinski definition) is 1. The van der Waals surface area contributed by atoms with Crippen LogP contribution in [0.3, 0.4) is 0 Å². The largest absolute Gasteiger partial charge is 0.478 e. The van der Waals surface area contributed by atoms with Crippen LogP contribution >= 0.6 is 0 Å². The Kier molecular flexibility index (Phi) is 4.19. The fraction of sp³-hybridized carbons (Fsp3) is 0.235. The van der Waals surface area contributed by atoms with E-state index in [0.29, 0.717) is 25.1 Å². The summed E-state index contributed by atoms with van der Waals surface area (Å²) in [4.78, 5) is 11.2. The molecule has 6 heteroatoms. The normalized spacial score (nSPS) is 15.1. The average Bonchev–Trinajstić information content (AvgIpc) is 2.54. The number of aromatic carboxylic acids is 1. The van der Waals surface area contributed by atoms with Gasteiger partial charge in [0.05, 0.1) is 11.3 Å². The molecule has 23 heavy (non-hydrogen) atoms. The van der Waals surface area contributed by atoms with Crippen LogP contribution in [0.2, 0.25) is 0 Å². The van der Waals surface area contributed by atoms with Crippen LogP contribution in [-0.2, 0) is 28.7 Å². The van der Waals surface area contributed by atoms with E-state index in [1.807, 2.05) is 24.3 Å². The number of benzene rings is 2. The molecule has 2 aromatic carbocycles. The summed E-state index contributed by atoms with van der Waals surface area (Å²) in [5.74, 6) is -1.41. The summed E-state index contributed by atoms with van der Waals surface area (Å²) in [7, 11) is -3.57. The van der Waals surface area contributed by atoms with E-state index in [-0.39, 0.29) is 11.3 Å². The summed E-state index contributed by atoms with van der Waals surface area (Å²) in [5, 5.41) is 9.19. The lowest BCUT2D eigenvalue weighted by Crippen LogP contribution is -2.36. The van der Waals surface area contributed by atoms with Crippen LogP contribution in [-0.4, -0.2) is 30.3 Å². The molecule has 1 aliphatic rings. The van der Waals surface area contributed by atoms with E-state index in [1.54, 1.807) is 18.2 Å². The highest BCUT2D eigenvalue weighted by Gasteiger charge is 2.28. The number of hydrogen-bond acceptors (Lipinski definition) is 3. The molecule has 0 spiro atoms. The molecule has 1 aliphatic heterocycles. The Balaban J connectivity index is 1.85. The first-order valence-electron chi connectivity index (χ1n) is 7.33. The Morgan fingerprint density at radius 2 is 1.70 bits per heavy atom. The number of nitrogens with zero attached hydrogens (tertiary/aromatic N) is 1. The lowest BCUT2D eigenvalue weighted by molar-refractivity contribution is 0.0696. The Hall–Kier alpha value is -2.18. The van der Waals surface area contributed by atoms with Crippen molar-refractivity contribution in [3.8, 4) is 0 Å². The molecule has 5 nitrogen and oxygen atoms in total. The predicted molar refractivity (Wildman–Crippen MR) is 86.6 cm³/mol. The van der Waals surface area contributed by atoms with Crippen molar-refractivity contribution in [2.45, 2.75) is 18.7 Å². The molecule has 3 rings (SSSR count). The Bertz CT molecular complexity index is 845. The zero-order chi connectivity index (χ0) is 16.4. The fourth-order valence-electron chi connectivity index (χ4n) is 2.85. The molecule has 2 aromatic rings. The number of carboxylic acid groups (broad SMARTS) is 1. The van der Waals surface area contributed by atoms with E-state index in [9.17, 15) is 18.3 Å². The summed E-state index contributed by atoms with van der Waals surface area (Å²) in [5.41, 5.74) is 2.53. The van der Waals surface area contributed by atoms with Gasteiger partial charge in [0.1, 0.15) is 0 Å². The van der Waals surface area contributed by atoms with Gasteiger partial charge >= 0.3 is 5.97 Å². The van der Waals surface area contributed by atoms with Crippen LogP contribution < -0.4 is 0 Å². The smallest absolute Gasteiger partial charge is 0.335 e. The SMILES string of the molecule is O=C(O)c1ccccc1CS(=O)(=O)N1CCc2ccccc2C1. The zero-order valence-electron chi connectivity index (χ0n) is 12.5. The molecule has 0 saturated heterocycles. The first kappa shape index (κ1) is 15.7. The van der Waals surface area contributed by atoms with Crippen molar-refractivity contribution in [3.63, 3.8) is 0 Å². The fourth-order valence-corrected chi connectivity index (χ4v) is 4.38. The summed E-state index contributed by atoms with van der Waals surface area (Å²) >= 11 is 0. The molecule has 0 aliphatic carbocycles. The van der Waals surface area contributed by atoms with Crippen LogP contribution in [0.15, 0.2) is 48.5 Å². The lowest BCUT2D eigenvalue weighted by Gasteiger charge is -2.28. The second-order valence-corrected chi connectivity index (χ2v) is 7.54. The maximum atomic E-state index is 12.7. The van der Waals surface area contributed by atoms with Gasteiger partial charge in [0.2, 0.25) is 10.0 Å². The van der Waals surface area contributed by atoms with Gasteiger partial charge in [-0.05, 0) is 29.2 Å². The van der Waals surface area contributed by atoms with Crippen molar-refractivity contribution < 1.29 is 18.3 Å². The highest BCUT2D eigenvalue weighted by atomic mass is 32.2. The number of fused-ring (bicyclic) bond motifs is 1. The molecule has 1 heterocycles. The van der Waals surface area contributed by atoms with Crippen molar-refractivity contribution in [1.29, 1.82) is 0 Å². The maximum absolute atomic E-state index is 12.7. The molecule has 0 amide bonds. The first-order valence-corrected chi connectivity index (χ1v) is 8.94. The van der Waals surface area contributed by atoms with E-state index < -0.39 is 16.0 Å². The number of rotatable bonds is 4. The third kappa shape index (κ3) is 3.28. The second-order valence-electron chi connectivity index (χ2n) is 5.57. The summed E-state index contributed by atoms with van der Waals surface area (Å²) in [6, 6.07) is 14.0. The van der Waals surface area contributed by atoms with Crippen LogP contribution in [0.4, 0.5) is 0 Å². The van der Waals surface area contributed by atoms with Gasteiger partial charge in [-0.15, -0.1) is 0 Å². The third-order valence-electron chi connectivity index (χ3n) is 4.07. The molecule has 1 N–H and O–H groups in total. The second kappa shape index (κ2) is 6.14. The maximum Gasteiger partial charge on any atom is 0.335 e. The average molecular weight is 331 g/mol. The van der Waals surface area contributed by atoms with Crippen molar-refractivity contribution in [2.75, 3.05) is 6.54 Å². The van der Waals surface area contributed by atoms with Gasteiger partial charge in [-0.25, -0.2) is 13.2 Å². The Morgan fingerprint density at radius 3 is 2.43 bits per heavy atom. The predicted octanol–water partition coefficient (Wildman–Crippen LogP) is 2.27. The topological polar surface area (TPSA) is 74.7 Å². The van der Waals surface area contributed by atoms with Crippen LogP contribution in [0.5, 0.6) is 0 Å². The van der Waals surface area contributed by atoms with E-state index in [0.717, 1.165) is 5.56 Å². The van der Waals surface area contributed by atoms with Gasteiger partial charge in [0, 0.05) is 13.1 Å². The van der Waals surface area contributed by atoms with E-state index in [2.05, 4.69) is 0 Å². The van der Waals surface area contributed by atoms with E-state index in [4.69, 9.17) is 0 Å². The minimum Gasteiger partial charge on any atom is -0.478 e. The van der Waals surface area contributed by atoms with Crippen molar-refractivity contribution in [1.82, 2.24) is 4.31 Å². The molecule has 0 atom stereocenters. The zero-order valence-corrected chi connectivity index (χ0v) is 13.3. The number of carbonyl (C=O) groups is 1. The minimum atomic E-state index is -3.57. The highest BCUT2D eigenvalue weighted by Crippen LogP contribution is 2.23. The Morgan fingerprint density at radius 1 is 1.04 bits per heavy atom. The van der Waals surface area contributed by atoms with Gasteiger partial charge in [-0.3, -0.25) is 0 Å². The summed E-state index contributed by atoms with van der Waals surface area (Å²) < 4.78 is 26.8. The molecular formula is C17H17NO4S. The van der Waals surface area contributed by atoms with Crippen molar-refractivity contribution >= 4 is 16.0 Å². The van der Waals surface area contributed by atoms with Gasteiger partial charge in [-0.1, -0.05) is 42.5 Å². The number of sulfonamides is 1. The molecule has 120 valence electrons. The quantitative estimate of drug-likeness (QED) is 0.932. The van der Waals surface area contributed by atoms with E-state index in [1.165, 1.54) is 15.9 Å². The Labute approximate surface area is 135 Å². The van der Waals surface area contributed by atoms with Gasteiger partial charge in [0.15, 0.2) is 0 Å². The molecule has 0 aromatic heterocycles. The third-order valence-corrected chi connectivity index (χ3v) is 5.85. The molecule has 0 radical (unpaired) electrons. The van der Waals surface area contributed by atoms with E-state index >= 15 is 0 Å². The summed E-state index contributed by atoms with van der Waals surface area (Å²) in [6.07, 6.45) is 0.677. The summed E-state index contributed by atoms with van der Waals surface area (Å²) in [6.45, 7) is 0.766. The van der Waals surface area contributed by atoms with Crippen molar-refractivity contribution in [2.24, 2.45) is 0 Å². The van der Waals surface area contributed by atoms with Crippen LogP contribution in [0.1, 0.15) is 27.0 Å². The first-order chi connectivity index (χ1) is 11.0. The standard InChI is InChI=1S/C17H17NO4S/c19-17(20)16-8-4-3-7-15(16)12-23(21,22)18-10-9-13-5-1-2-6-14(13)11-18/h1-8H,9-12H2,(H,19,20). The van der Waals surface area contributed by atoms with Crippen molar-refractivity contribution in [3.05, 3.63) is 70.8 Å².